The lowest BCUT2D eigenvalue weighted by molar-refractivity contribution is 0.236. The summed E-state index contributed by atoms with van der Waals surface area (Å²) in [7, 11) is -1.09. The smallest absolute Gasteiger partial charge is 0.315 e. The van der Waals surface area contributed by atoms with E-state index in [2.05, 4.69) is 10.6 Å². The SMILES string of the molecule is O=C(NCCS(=O)c1ccccc1)NC(c1ccccc1)C1CC1. The Balaban J connectivity index is 1.47. The maximum atomic E-state index is 12.2. The molecule has 2 N–H and O–H groups in total. The van der Waals surface area contributed by atoms with Gasteiger partial charge in [-0.3, -0.25) is 4.21 Å². The standard InChI is InChI=1S/C19H22N2O2S/c22-19(20-13-14-24(23)17-9-5-2-6-10-17)21-18(16-11-12-16)15-7-3-1-4-8-15/h1-10,16,18H,11-14H2,(H2,20,21,22). The number of hydrogen-bond acceptors (Lipinski definition) is 2. The van der Waals surface area contributed by atoms with E-state index < -0.39 is 10.8 Å². The van der Waals surface area contributed by atoms with Crippen molar-refractivity contribution in [3.63, 3.8) is 0 Å². The summed E-state index contributed by atoms with van der Waals surface area (Å²) in [6.07, 6.45) is 2.30. The van der Waals surface area contributed by atoms with Crippen molar-refractivity contribution in [2.75, 3.05) is 12.3 Å². The first-order valence-electron chi connectivity index (χ1n) is 8.27. The van der Waals surface area contributed by atoms with Crippen molar-refractivity contribution in [1.29, 1.82) is 0 Å². The summed E-state index contributed by atoms with van der Waals surface area (Å²) in [6, 6.07) is 19.2. The van der Waals surface area contributed by atoms with Crippen LogP contribution in [0.25, 0.3) is 0 Å². The van der Waals surface area contributed by atoms with E-state index in [1.807, 2.05) is 60.7 Å². The van der Waals surface area contributed by atoms with Gasteiger partial charge in [-0.15, -0.1) is 0 Å². The van der Waals surface area contributed by atoms with Crippen LogP contribution in [0, 0.1) is 5.92 Å². The Bertz CT molecular complexity index is 687. The lowest BCUT2D eigenvalue weighted by Gasteiger charge is -2.19. The summed E-state index contributed by atoms with van der Waals surface area (Å²) >= 11 is 0. The van der Waals surface area contributed by atoms with Gasteiger partial charge in [0.25, 0.3) is 0 Å². The van der Waals surface area contributed by atoms with Crippen molar-refractivity contribution in [3.05, 3.63) is 66.2 Å². The molecular weight excluding hydrogens is 320 g/mol. The lowest BCUT2D eigenvalue weighted by atomic mass is 10.0. The van der Waals surface area contributed by atoms with Gasteiger partial charge in [0, 0.05) is 17.2 Å². The van der Waals surface area contributed by atoms with Crippen molar-refractivity contribution in [2.24, 2.45) is 5.92 Å². The van der Waals surface area contributed by atoms with Crippen molar-refractivity contribution in [1.82, 2.24) is 10.6 Å². The Labute approximate surface area is 145 Å². The number of urea groups is 1. The van der Waals surface area contributed by atoms with Gasteiger partial charge < -0.3 is 10.6 Å². The third-order valence-electron chi connectivity index (χ3n) is 4.12. The zero-order valence-corrected chi connectivity index (χ0v) is 14.3. The van der Waals surface area contributed by atoms with E-state index in [9.17, 15) is 9.00 Å². The third-order valence-corrected chi connectivity index (χ3v) is 5.49. The van der Waals surface area contributed by atoms with E-state index in [-0.39, 0.29) is 12.1 Å². The molecule has 1 fully saturated rings. The molecule has 126 valence electrons. The van der Waals surface area contributed by atoms with E-state index in [0.29, 0.717) is 18.2 Å². The summed E-state index contributed by atoms with van der Waals surface area (Å²) in [5.74, 6) is 0.938. The summed E-state index contributed by atoms with van der Waals surface area (Å²) in [4.78, 5) is 12.9. The second-order valence-electron chi connectivity index (χ2n) is 5.99. The van der Waals surface area contributed by atoms with Crippen molar-refractivity contribution in [2.45, 2.75) is 23.8 Å². The van der Waals surface area contributed by atoms with Crippen LogP contribution < -0.4 is 10.6 Å². The molecule has 0 bridgehead atoms. The maximum absolute atomic E-state index is 12.2. The minimum absolute atomic E-state index is 0.0609. The molecule has 0 aromatic heterocycles. The predicted molar refractivity (Wildman–Crippen MR) is 96.2 cm³/mol. The van der Waals surface area contributed by atoms with Crippen molar-refractivity contribution >= 4 is 16.8 Å². The average Bonchev–Trinajstić information content (AvgIpc) is 3.46. The third kappa shape index (κ3) is 4.68. The highest BCUT2D eigenvalue weighted by Gasteiger charge is 2.33. The minimum Gasteiger partial charge on any atom is -0.337 e. The Morgan fingerprint density at radius 2 is 1.67 bits per heavy atom. The molecule has 0 aliphatic heterocycles. The first kappa shape index (κ1) is 16.7. The fraction of sp³-hybridized carbons (Fsp3) is 0.316. The van der Waals surface area contributed by atoms with Gasteiger partial charge >= 0.3 is 6.03 Å². The Hall–Kier alpha value is -2.14. The molecule has 0 heterocycles. The van der Waals surface area contributed by atoms with Crippen LogP contribution in [-0.4, -0.2) is 22.5 Å². The van der Waals surface area contributed by atoms with E-state index in [1.165, 1.54) is 0 Å². The number of amides is 2. The first-order valence-corrected chi connectivity index (χ1v) is 9.58. The second-order valence-corrected chi connectivity index (χ2v) is 7.56. The molecule has 2 unspecified atom stereocenters. The fourth-order valence-electron chi connectivity index (χ4n) is 2.70. The van der Waals surface area contributed by atoms with E-state index >= 15 is 0 Å². The van der Waals surface area contributed by atoms with Crippen molar-refractivity contribution < 1.29 is 9.00 Å². The van der Waals surface area contributed by atoms with Gasteiger partial charge in [0.05, 0.1) is 16.8 Å². The summed E-state index contributed by atoms with van der Waals surface area (Å²) in [6.45, 7) is 0.388. The summed E-state index contributed by atoms with van der Waals surface area (Å²) in [5.41, 5.74) is 1.14. The molecule has 0 spiro atoms. The van der Waals surface area contributed by atoms with E-state index in [0.717, 1.165) is 23.3 Å². The molecule has 1 aliphatic rings. The number of hydrogen-bond donors (Lipinski definition) is 2. The minimum atomic E-state index is -1.09. The van der Waals surface area contributed by atoms with Gasteiger partial charge in [-0.05, 0) is 36.5 Å². The molecule has 2 aromatic rings. The molecule has 0 radical (unpaired) electrons. The highest BCUT2D eigenvalue weighted by molar-refractivity contribution is 7.85. The molecule has 1 saturated carbocycles. The van der Waals surface area contributed by atoms with Gasteiger partial charge in [0.15, 0.2) is 0 Å². The number of carbonyl (C=O) groups is 1. The summed E-state index contributed by atoms with van der Waals surface area (Å²) in [5, 5.41) is 5.88. The molecule has 2 atom stereocenters. The van der Waals surface area contributed by atoms with E-state index in [1.54, 1.807) is 0 Å². The predicted octanol–water partition coefficient (Wildman–Crippen LogP) is 3.24. The number of rotatable bonds is 7. The summed E-state index contributed by atoms with van der Waals surface area (Å²) < 4.78 is 12.1. The molecule has 2 amide bonds. The Morgan fingerprint density at radius 3 is 2.29 bits per heavy atom. The van der Waals surface area contributed by atoms with Gasteiger partial charge in [0.1, 0.15) is 0 Å². The molecular formula is C19H22N2O2S. The topological polar surface area (TPSA) is 58.2 Å². The molecule has 4 nitrogen and oxygen atoms in total. The van der Waals surface area contributed by atoms with Crippen LogP contribution in [0.2, 0.25) is 0 Å². The molecule has 0 saturated heterocycles. The van der Waals surface area contributed by atoms with Gasteiger partial charge in [-0.2, -0.15) is 0 Å². The Kier molecular flexibility index (Phi) is 5.64. The molecule has 3 rings (SSSR count). The van der Waals surface area contributed by atoms with Crippen LogP contribution in [0.15, 0.2) is 65.6 Å². The number of nitrogens with one attached hydrogen (secondary N) is 2. The normalized spacial score (nSPS) is 16.2. The average molecular weight is 342 g/mol. The van der Waals surface area contributed by atoms with Crippen LogP contribution in [0.4, 0.5) is 4.79 Å². The monoisotopic (exact) mass is 342 g/mol. The highest BCUT2D eigenvalue weighted by atomic mass is 32.2. The fourth-order valence-corrected chi connectivity index (χ4v) is 3.69. The zero-order chi connectivity index (χ0) is 16.8. The maximum Gasteiger partial charge on any atom is 0.315 e. The molecule has 24 heavy (non-hydrogen) atoms. The molecule has 5 heteroatoms. The van der Waals surface area contributed by atoms with Gasteiger partial charge in [-0.1, -0.05) is 48.5 Å². The quantitative estimate of drug-likeness (QED) is 0.811. The number of benzene rings is 2. The first-order chi connectivity index (χ1) is 11.7. The molecule has 2 aromatic carbocycles. The van der Waals surface area contributed by atoms with Crippen LogP contribution in [-0.2, 0) is 10.8 Å². The van der Waals surface area contributed by atoms with Crippen LogP contribution >= 0.6 is 0 Å². The van der Waals surface area contributed by atoms with Gasteiger partial charge in [-0.25, -0.2) is 4.79 Å². The highest BCUT2D eigenvalue weighted by Crippen LogP contribution is 2.40. The molecule has 1 aliphatic carbocycles. The van der Waals surface area contributed by atoms with Crippen LogP contribution in [0.3, 0.4) is 0 Å². The zero-order valence-electron chi connectivity index (χ0n) is 13.5. The van der Waals surface area contributed by atoms with Gasteiger partial charge in [0.2, 0.25) is 0 Å². The largest absolute Gasteiger partial charge is 0.337 e. The van der Waals surface area contributed by atoms with Crippen LogP contribution in [0.5, 0.6) is 0 Å². The van der Waals surface area contributed by atoms with Crippen molar-refractivity contribution in [3.8, 4) is 0 Å². The van der Waals surface area contributed by atoms with Crippen LogP contribution in [0.1, 0.15) is 24.4 Å². The second kappa shape index (κ2) is 8.11. The number of carbonyl (C=O) groups excluding carboxylic acids is 1. The van der Waals surface area contributed by atoms with E-state index in [4.69, 9.17) is 0 Å². The Morgan fingerprint density at radius 1 is 1.04 bits per heavy atom. The lowest BCUT2D eigenvalue weighted by Crippen LogP contribution is -2.40.